The third kappa shape index (κ3) is 8.88. The SMILES string of the molecule is CC(C)c1c(C(=O)N(C)Cc2cccc(OC(F)(F)F)c2)nn(-c2ccc(F)cc2)c1/C=C/[C@@H](O)C[C@@H](O)CC(=O)[O-]. The fourth-order valence-corrected chi connectivity index (χ4v) is 4.31. The highest BCUT2D eigenvalue weighted by Crippen LogP contribution is 2.30. The molecule has 1 aromatic heterocycles. The van der Waals surface area contributed by atoms with Crippen molar-refractivity contribution in [2.75, 3.05) is 7.05 Å². The Morgan fingerprint density at radius 2 is 1.81 bits per heavy atom. The molecule has 9 nitrogen and oxygen atoms in total. The van der Waals surface area contributed by atoms with Crippen LogP contribution in [0.25, 0.3) is 11.8 Å². The molecule has 0 aliphatic carbocycles. The molecule has 1 heterocycles. The second-order valence-electron chi connectivity index (χ2n) is 9.94. The zero-order chi connectivity index (χ0) is 31.2. The minimum atomic E-state index is -4.87. The Labute approximate surface area is 239 Å². The number of hydrogen-bond acceptors (Lipinski definition) is 7. The van der Waals surface area contributed by atoms with Crippen molar-refractivity contribution in [3.8, 4) is 11.4 Å². The van der Waals surface area contributed by atoms with Gasteiger partial charge in [-0.2, -0.15) is 5.10 Å². The minimum absolute atomic E-state index is 0.0191. The summed E-state index contributed by atoms with van der Waals surface area (Å²) in [6.07, 6.45) is -5.66. The molecule has 0 saturated carbocycles. The van der Waals surface area contributed by atoms with Gasteiger partial charge < -0.3 is 29.8 Å². The monoisotopic (exact) mass is 592 g/mol. The average Bonchev–Trinajstić information content (AvgIpc) is 3.25. The maximum absolute atomic E-state index is 13.7. The lowest BCUT2D eigenvalue weighted by Crippen LogP contribution is -2.29. The number of aliphatic carboxylic acids is 1. The van der Waals surface area contributed by atoms with Gasteiger partial charge in [-0.15, -0.1) is 13.2 Å². The number of rotatable bonds is 12. The molecule has 0 aliphatic heterocycles. The van der Waals surface area contributed by atoms with Crippen LogP contribution in [0.15, 0.2) is 54.6 Å². The highest BCUT2D eigenvalue weighted by molar-refractivity contribution is 5.95. The van der Waals surface area contributed by atoms with Gasteiger partial charge in [0.25, 0.3) is 5.91 Å². The quantitative estimate of drug-likeness (QED) is 0.308. The van der Waals surface area contributed by atoms with Gasteiger partial charge in [-0.25, -0.2) is 9.07 Å². The molecule has 2 N–H and O–H groups in total. The van der Waals surface area contributed by atoms with E-state index in [9.17, 15) is 42.5 Å². The minimum Gasteiger partial charge on any atom is -0.550 e. The third-order valence-corrected chi connectivity index (χ3v) is 6.10. The third-order valence-electron chi connectivity index (χ3n) is 6.10. The van der Waals surface area contributed by atoms with Crippen LogP contribution in [-0.2, 0) is 11.3 Å². The highest BCUT2D eigenvalue weighted by Gasteiger charge is 2.31. The molecule has 226 valence electrons. The van der Waals surface area contributed by atoms with Crippen LogP contribution in [-0.4, -0.2) is 62.4 Å². The molecule has 1 amide bonds. The van der Waals surface area contributed by atoms with Crippen LogP contribution in [0.3, 0.4) is 0 Å². The first-order valence-electron chi connectivity index (χ1n) is 12.9. The molecule has 0 fully saturated rings. The molecule has 42 heavy (non-hydrogen) atoms. The van der Waals surface area contributed by atoms with E-state index in [4.69, 9.17) is 0 Å². The molecule has 0 radical (unpaired) electrons. The lowest BCUT2D eigenvalue weighted by molar-refractivity contribution is -0.307. The second kappa shape index (κ2) is 13.6. The van der Waals surface area contributed by atoms with E-state index in [1.54, 1.807) is 13.8 Å². The first-order chi connectivity index (χ1) is 19.6. The molecule has 0 unspecified atom stereocenters. The summed E-state index contributed by atoms with van der Waals surface area (Å²) in [6, 6.07) is 10.5. The van der Waals surface area contributed by atoms with Gasteiger partial charge >= 0.3 is 6.36 Å². The van der Waals surface area contributed by atoms with E-state index in [-0.39, 0.29) is 24.6 Å². The van der Waals surface area contributed by atoms with Crippen molar-refractivity contribution in [2.45, 2.75) is 57.7 Å². The first kappa shape index (κ1) is 32.3. The summed E-state index contributed by atoms with van der Waals surface area (Å²) in [6.45, 7) is 3.53. The molecule has 2 aromatic carbocycles. The smallest absolute Gasteiger partial charge is 0.550 e. The van der Waals surface area contributed by atoms with E-state index >= 15 is 0 Å². The number of carboxylic acids is 1. The van der Waals surface area contributed by atoms with Crippen LogP contribution >= 0.6 is 0 Å². The van der Waals surface area contributed by atoms with Crippen LogP contribution in [0.2, 0.25) is 0 Å². The number of aliphatic hydroxyl groups excluding tert-OH is 2. The summed E-state index contributed by atoms with van der Waals surface area (Å²) < 4.78 is 57.0. The van der Waals surface area contributed by atoms with E-state index in [2.05, 4.69) is 9.84 Å². The van der Waals surface area contributed by atoms with Gasteiger partial charge in [0, 0.05) is 38.0 Å². The van der Waals surface area contributed by atoms with Crippen LogP contribution in [0.1, 0.15) is 59.9 Å². The van der Waals surface area contributed by atoms with Crippen LogP contribution in [0.5, 0.6) is 5.75 Å². The number of alkyl halides is 3. The average molecular weight is 593 g/mol. The Morgan fingerprint density at radius 1 is 1.14 bits per heavy atom. The van der Waals surface area contributed by atoms with Gasteiger partial charge in [0.2, 0.25) is 0 Å². The predicted molar refractivity (Wildman–Crippen MR) is 142 cm³/mol. The van der Waals surface area contributed by atoms with Gasteiger partial charge in [-0.1, -0.05) is 32.1 Å². The topological polar surface area (TPSA) is 128 Å². The number of carboxylic acid groups (broad SMARTS) is 1. The molecular weight excluding hydrogens is 562 g/mol. The van der Waals surface area contributed by atoms with Crippen LogP contribution in [0.4, 0.5) is 17.6 Å². The number of carbonyl (C=O) groups is 2. The van der Waals surface area contributed by atoms with Gasteiger partial charge in [-0.3, -0.25) is 4.79 Å². The van der Waals surface area contributed by atoms with Crippen molar-refractivity contribution >= 4 is 18.0 Å². The maximum Gasteiger partial charge on any atom is 0.573 e. The number of aliphatic hydroxyl groups is 2. The lowest BCUT2D eigenvalue weighted by Gasteiger charge is -2.18. The van der Waals surface area contributed by atoms with Crippen LogP contribution < -0.4 is 9.84 Å². The summed E-state index contributed by atoms with van der Waals surface area (Å²) in [5.41, 5.74) is 1.61. The Kier molecular flexibility index (Phi) is 10.5. The fraction of sp³-hybridized carbons (Fsp3) is 0.345. The Hall–Kier alpha value is -4.23. The second-order valence-corrected chi connectivity index (χ2v) is 9.94. The normalized spacial score (nSPS) is 13.4. The molecule has 0 spiro atoms. The Morgan fingerprint density at radius 3 is 2.40 bits per heavy atom. The number of hydrogen-bond donors (Lipinski definition) is 2. The lowest BCUT2D eigenvalue weighted by atomic mass is 9.98. The van der Waals surface area contributed by atoms with Crippen molar-refractivity contribution in [3.05, 3.63) is 82.9 Å². The summed E-state index contributed by atoms with van der Waals surface area (Å²) in [4.78, 5) is 25.6. The number of ether oxygens (including phenoxy) is 1. The molecule has 13 heteroatoms. The van der Waals surface area contributed by atoms with E-state index in [1.165, 1.54) is 71.2 Å². The van der Waals surface area contributed by atoms with E-state index in [1.807, 2.05) is 0 Å². The van der Waals surface area contributed by atoms with Gasteiger partial charge in [0.05, 0.1) is 23.6 Å². The molecule has 0 aliphatic rings. The van der Waals surface area contributed by atoms with Gasteiger partial charge in [0.1, 0.15) is 11.6 Å². The van der Waals surface area contributed by atoms with Crippen LogP contribution in [0, 0.1) is 5.82 Å². The number of halogens is 4. The first-order valence-corrected chi connectivity index (χ1v) is 12.9. The van der Waals surface area contributed by atoms with Gasteiger partial charge in [0.15, 0.2) is 5.69 Å². The van der Waals surface area contributed by atoms with Crippen molar-refractivity contribution in [1.29, 1.82) is 0 Å². The van der Waals surface area contributed by atoms with E-state index < -0.39 is 48.4 Å². The van der Waals surface area contributed by atoms with Crippen molar-refractivity contribution in [3.63, 3.8) is 0 Å². The maximum atomic E-state index is 13.7. The van der Waals surface area contributed by atoms with Crippen molar-refractivity contribution in [2.24, 2.45) is 0 Å². The molecule has 3 rings (SSSR count). The molecule has 0 bridgehead atoms. The zero-order valence-electron chi connectivity index (χ0n) is 23.0. The summed E-state index contributed by atoms with van der Waals surface area (Å²) in [7, 11) is 1.46. The van der Waals surface area contributed by atoms with E-state index in [0.717, 1.165) is 6.07 Å². The number of carbonyl (C=O) groups excluding carboxylic acids is 2. The summed E-state index contributed by atoms with van der Waals surface area (Å²) in [5, 5.41) is 35.5. The Balaban J connectivity index is 1.99. The number of nitrogens with zero attached hydrogens (tertiary/aromatic N) is 3. The molecule has 2 atom stereocenters. The number of amides is 1. The molecule has 3 aromatic rings. The zero-order valence-corrected chi connectivity index (χ0v) is 23.0. The largest absolute Gasteiger partial charge is 0.573 e. The summed E-state index contributed by atoms with van der Waals surface area (Å²) in [5.74, 6) is -3.25. The molecular formula is C29H30F4N3O6-. The highest BCUT2D eigenvalue weighted by atomic mass is 19.4. The Bertz CT molecular complexity index is 1420. The number of aromatic nitrogens is 2. The van der Waals surface area contributed by atoms with Crippen molar-refractivity contribution in [1.82, 2.24) is 14.7 Å². The van der Waals surface area contributed by atoms with E-state index in [0.29, 0.717) is 22.5 Å². The predicted octanol–water partition coefficient (Wildman–Crippen LogP) is 3.57. The standard InChI is InChI=1S/C29H31F4N3O6/c1-17(2)26-24(12-11-21(37)14-22(38)15-25(39)40)36(20-9-7-19(30)8-10-20)34-27(26)28(41)35(3)16-18-5-4-6-23(13-18)42-29(31,32)33/h4-13,17,21-22,37-38H,14-16H2,1-3H3,(H,39,40)/p-1/b12-11+/t21-,22-/m1/s1. The molecule has 0 saturated heterocycles. The number of benzene rings is 2. The van der Waals surface area contributed by atoms with Gasteiger partial charge in [-0.05, 0) is 54.0 Å². The summed E-state index contributed by atoms with van der Waals surface area (Å²) >= 11 is 0. The van der Waals surface area contributed by atoms with Crippen molar-refractivity contribution < 1.29 is 47.2 Å². The fourth-order valence-electron chi connectivity index (χ4n) is 4.31.